The van der Waals surface area contributed by atoms with E-state index in [1.54, 1.807) is 0 Å². The molecule has 8 heteroatoms. The molecular weight excluding hydrogens is 278 g/mol. The highest BCUT2D eigenvalue weighted by Gasteiger charge is 2.33. The fraction of sp³-hybridized carbons (Fsp3) is 0.400. The van der Waals surface area contributed by atoms with Crippen molar-refractivity contribution in [1.82, 2.24) is 4.98 Å². The average Bonchev–Trinajstić information content (AvgIpc) is 2.70. The second kappa shape index (κ2) is 5.11. The predicted molar refractivity (Wildman–Crippen MR) is 70.2 cm³/mol. The largest absolute Gasteiger partial charge is 0.311 e. The smallest absolute Gasteiger partial charge is 0.306 e. The lowest BCUT2D eigenvalue weighted by atomic mass is 10.1. The first-order chi connectivity index (χ1) is 8.52. The Morgan fingerprint density at radius 2 is 2.39 bits per heavy atom. The molecule has 1 aliphatic rings. The third kappa shape index (κ3) is 2.41. The van der Waals surface area contributed by atoms with E-state index in [1.165, 1.54) is 11.0 Å². The van der Waals surface area contributed by atoms with Crippen LogP contribution in [0, 0.1) is 16.0 Å². The zero-order chi connectivity index (χ0) is 13.3. The number of carbonyl (C=O) groups excluding carboxylic acids is 1. The van der Waals surface area contributed by atoms with Gasteiger partial charge in [-0.15, -0.1) is 0 Å². The van der Waals surface area contributed by atoms with Gasteiger partial charge in [-0.25, -0.2) is 4.98 Å². The molecule has 1 unspecified atom stereocenters. The first-order valence-corrected chi connectivity index (χ1v) is 6.25. The zero-order valence-electron chi connectivity index (χ0n) is 9.24. The van der Waals surface area contributed by atoms with Crippen LogP contribution in [0.4, 0.5) is 11.4 Å². The zero-order valence-corrected chi connectivity index (χ0v) is 10.9. The number of thiol groups is 1. The minimum Gasteiger partial charge on any atom is -0.306 e. The molecule has 0 radical (unpaired) electrons. The Hall–Kier alpha value is -1.34. The van der Waals surface area contributed by atoms with Crippen LogP contribution in [0.25, 0.3) is 0 Å². The van der Waals surface area contributed by atoms with E-state index in [1.807, 2.05) is 0 Å². The molecule has 18 heavy (non-hydrogen) atoms. The van der Waals surface area contributed by atoms with E-state index in [-0.39, 0.29) is 28.4 Å². The molecule has 1 fully saturated rings. The van der Waals surface area contributed by atoms with Crippen LogP contribution >= 0.6 is 24.2 Å². The van der Waals surface area contributed by atoms with Crippen LogP contribution in [0.15, 0.2) is 12.3 Å². The van der Waals surface area contributed by atoms with Crippen molar-refractivity contribution in [3.05, 3.63) is 27.5 Å². The minimum absolute atomic E-state index is 0.104. The van der Waals surface area contributed by atoms with Crippen LogP contribution in [0.3, 0.4) is 0 Å². The van der Waals surface area contributed by atoms with Gasteiger partial charge >= 0.3 is 5.69 Å². The van der Waals surface area contributed by atoms with E-state index < -0.39 is 4.92 Å². The van der Waals surface area contributed by atoms with Gasteiger partial charge in [-0.1, -0.05) is 11.6 Å². The summed E-state index contributed by atoms with van der Waals surface area (Å²) in [6, 6.07) is 1.35. The molecular formula is C10H10ClN3O3S. The van der Waals surface area contributed by atoms with Crippen LogP contribution in [0.1, 0.15) is 6.42 Å². The Bertz CT molecular complexity index is 511. The molecule has 0 N–H and O–H groups in total. The maximum absolute atomic E-state index is 11.8. The summed E-state index contributed by atoms with van der Waals surface area (Å²) in [4.78, 5) is 27.2. The minimum atomic E-state index is -0.569. The van der Waals surface area contributed by atoms with Crippen molar-refractivity contribution in [3.8, 4) is 0 Å². The predicted octanol–water partition coefficient (Wildman–Crippen LogP) is 1.93. The molecule has 1 saturated heterocycles. The number of anilines is 1. The van der Waals surface area contributed by atoms with Crippen LogP contribution in [0.2, 0.25) is 5.15 Å². The molecule has 0 spiro atoms. The van der Waals surface area contributed by atoms with E-state index in [4.69, 9.17) is 11.6 Å². The van der Waals surface area contributed by atoms with Gasteiger partial charge in [-0.3, -0.25) is 14.9 Å². The number of hydrogen-bond acceptors (Lipinski definition) is 5. The summed E-state index contributed by atoms with van der Waals surface area (Å²) >= 11 is 9.88. The van der Waals surface area contributed by atoms with Crippen molar-refractivity contribution in [2.75, 3.05) is 17.2 Å². The molecule has 6 nitrogen and oxygen atoms in total. The third-order valence-corrected chi connectivity index (χ3v) is 3.50. The van der Waals surface area contributed by atoms with Gasteiger partial charge in [0.1, 0.15) is 17.0 Å². The Kier molecular flexibility index (Phi) is 3.72. The van der Waals surface area contributed by atoms with Crippen molar-refractivity contribution < 1.29 is 9.72 Å². The van der Waals surface area contributed by atoms with Gasteiger partial charge < -0.3 is 4.90 Å². The highest BCUT2D eigenvalue weighted by molar-refractivity contribution is 7.80. The number of pyridine rings is 1. The van der Waals surface area contributed by atoms with E-state index in [0.717, 1.165) is 6.20 Å². The summed E-state index contributed by atoms with van der Waals surface area (Å²) in [6.45, 7) is 0.420. The second-order valence-electron chi connectivity index (χ2n) is 4.01. The van der Waals surface area contributed by atoms with Crippen LogP contribution in [0.5, 0.6) is 0 Å². The Morgan fingerprint density at radius 3 is 2.94 bits per heavy atom. The molecule has 1 aromatic rings. The molecule has 0 aromatic carbocycles. The maximum Gasteiger partial charge on any atom is 0.311 e. The lowest BCUT2D eigenvalue weighted by Gasteiger charge is -2.16. The summed E-state index contributed by atoms with van der Waals surface area (Å²) in [5.74, 6) is 0.515. The summed E-state index contributed by atoms with van der Waals surface area (Å²) in [6.07, 6.45) is 1.42. The van der Waals surface area contributed by atoms with Gasteiger partial charge in [0.2, 0.25) is 5.91 Å². The van der Waals surface area contributed by atoms with Crippen molar-refractivity contribution in [1.29, 1.82) is 0 Å². The topological polar surface area (TPSA) is 76.3 Å². The number of amides is 1. The molecule has 1 aromatic heterocycles. The number of aromatic nitrogens is 1. The Labute approximate surface area is 114 Å². The standard InChI is InChI=1S/C10H10ClN3O3S/c11-9-2-7(8(3-12-9)14(16)17)13-4-6(5-18)1-10(13)15/h2-3,6,18H,1,4-5H2. The van der Waals surface area contributed by atoms with Gasteiger partial charge in [0.15, 0.2) is 0 Å². The van der Waals surface area contributed by atoms with E-state index >= 15 is 0 Å². The second-order valence-corrected chi connectivity index (χ2v) is 4.76. The molecule has 0 aliphatic carbocycles. The summed E-state index contributed by atoms with van der Waals surface area (Å²) in [5.41, 5.74) is -0.0122. The Balaban J connectivity index is 2.41. The molecule has 0 bridgehead atoms. The third-order valence-electron chi connectivity index (χ3n) is 2.78. The monoisotopic (exact) mass is 287 g/mol. The van der Waals surface area contributed by atoms with Crippen LogP contribution < -0.4 is 4.90 Å². The quantitative estimate of drug-likeness (QED) is 0.399. The van der Waals surface area contributed by atoms with E-state index in [0.29, 0.717) is 18.7 Å². The van der Waals surface area contributed by atoms with Crippen molar-refractivity contribution in [2.45, 2.75) is 6.42 Å². The molecule has 1 aliphatic heterocycles. The molecule has 1 amide bonds. The van der Waals surface area contributed by atoms with E-state index in [2.05, 4.69) is 17.6 Å². The van der Waals surface area contributed by atoms with Crippen LogP contribution in [-0.4, -0.2) is 28.1 Å². The molecule has 2 heterocycles. The summed E-state index contributed by atoms with van der Waals surface area (Å²) in [5, 5.41) is 11.0. The number of carbonyl (C=O) groups is 1. The number of nitrogens with zero attached hydrogens (tertiary/aromatic N) is 3. The fourth-order valence-electron chi connectivity index (χ4n) is 1.91. The first-order valence-electron chi connectivity index (χ1n) is 5.24. The van der Waals surface area contributed by atoms with Crippen LogP contribution in [-0.2, 0) is 4.79 Å². The number of halogens is 1. The molecule has 2 rings (SSSR count). The van der Waals surface area contributed by atoms with Gasteiger partial charge in [0, 0.05) is 19.0 Å². The number of hydrogen-bond donors (Lipinski definition) is 1. The SMILES string of the molecule is O=C1CC(CS)CN1c1cc(Cl)ncc1[N+](=O)[O-]. The molecule has 1 atom stereocenters. The lowest BCUT2D eigenvalue weighted by molar-refractivity contribution is -0.384. The molecule has 96 valence electrons. The normalized spacial score (nSPS) is 19.3. The van der Waals surface area contributed by atoms with E-state index in [9.17, 15) is 14.9 Å². The van der Waals surface area contributed by atoms with Gasteiger partial charge in [-0.2, -0.15) is 12.6 Å². The average molecular weight is 288 g/mol. The number of rotatable bonds is 3. The maximum atomic E-state index is 11.8. The van der Waals surface area contributed by atoms with Crippen molar-refractivity contribution in [3.63, 3.8) is 0 Å². The summed E-state index contributed by atoms with van der Waals surface area (Å²) < 4.78 is 0. The lowest BCUT2D eigenvalue weighted by Crippen LogP contribution is -2.25. The highest BCUT2D eigenvalue weighted by Crippen LogP contribution is 2.34. The van der Waals surface area contributed by atoms with Gasteiger partial charge in [0.25, 0.3) is 0 Å². The highest BCUT2D eigenvalue weighted by atomic mass is 35.5. The molecule has 0 saturated carbocycles. The Morgan fingerprint density at radius 1 is 1.67 bits per heavy atom. The van der Waals surface area contributed by atoms with Gasteiger partial charge in [0.05, 0.1) is 4.92 Å². The fourth-order valence-corrected chi connectivity index (χ4v) is 2.30. The first kappa shape index (κ1) is 13.1. The summed E-state index contributed by atoms with van der Waals surface area (Å²) in [7, 11) is 0. The van der Waals surface area contributed by atoms with Crippen molar-refractivity contribution >= 4 is 41.5 Å². The number of nitro groups is 1. The van der Waals surface area contributed by atoms with Crippen molar-refractivity contribution in [2.24, 2.45) is 5.92 Å². The van der Waals surface area contributed by atoms with Gasteiger partial charge in [-0.05, 0) is 11.7 Å².